The molecule has 32 heavy (non-hydrogen) atoms. The van der Waals surface area contributed by atoms with E-state index in [-0.39, 0.29) is 5.91 Å². The molecule has 0 fully saturated rings. The van der Waals surface area contributed by atoms with Gasteiger partial charge in [-0.3, -0.25) is 4.79 Å². The molecule has 1 N–H and O–H groups in total. The van der Waals surface area contributed by atoms with Crippen molar-refractivity contribution in [3.63, 3.8) is 0 Å². The van der Waals surface area contributed by atoms with Gasteiger partial charge >= 0.3 is 0 Å². The summed E-state index contributed by atoms with van der Waals surface area (Å²) in [6.07, 6.45) is 0.821. The Balaban J connectivity index is 1.44. The molecule has 4 rings (SSSR count). The van der Waals surface area contributed by atoms with Crippen molar-refractivity contribution in [2.75, 3.05) is 13.7 Å². The van der Waals surface area contributed by atoms with E-state index in [1.807, 2.05) is 48.5 Å². The highest BCUT2D eigenvalue weighted by atomic mass is 16.5. The van der Waals surface area contributed by atoms with Gasteiger partial charge in [0.2, 0.25) is 0 Å². The van der Waals surface area contributed by atoms with Crippen molar-refractivity contribution >= 4 is 16.9 Å². The highest BCUT2D eigenvalue weighted by Gasteiger charge is 2.14. The lowest BCUT2D eigenvalue weighted by Gasteiger charge is -2.12. The predicted molar refractivity (Wildman–Crippen MR) is 125 cm³/mol. The number of aryl methyl sites for hydroxylation is 2. The van der Waals surface area contributed by atoms with E-state index in [1.165, 1.54) is 5.56 Å². The number of rotatable bonds is 9. The van der Waals surface area contributed by atoms with Gasteiger partial charge in [0.25, 0.3) is 5.91 Å². The molecular weight excluding hydrogens is 402 g/mol. The third kappa shape index (κ3) is 4.91. The van der Waals surface area contributed by atoms with Crippen LogP contribution in [0.1, 0.15) is 28.2 Å². The maximum atomic E-state index is 12.7. The van der Waals surface area contributed by atoms with Crippen LogP contribution in [0.25, 0.3) is 11.0 Å². The second-order valence-corrected chi connectivity index (χ2v) is 7.57. The third-order valence-corrected chi connectivity index (χ3v) is 5.28. The molecule has 0 unspecified atom stereocenters. The van der Waals surface area contributed by atoms with Crippen LogP contribution < -0.4 is 14.8 Å². The molecule has 0 aliphatic heterocycles. The topological polar surface area (TPSA) is 65.4 Å². The van der Waals surface area contributed by atoms with Gasteiger partial charge in [0.15, 0.2) is 0 Å². The lowest BCUT2D eigenvalue weighted by molar-refractivity contribution is 0.0946. The first-order valence-electron chi connectivity index (χ1n) is 10.7. The number of ether oxygens (including phenoxy) is 2. The summed E-state index contributed by atoms with van der Waals surface area (Å²) in [6.45, 7) is 3.72. The summed E-state index contributed by atoms with van der Waals surface area (Å²) in [5, 5.41) is 2.98. The molecule has 6 heteroatoms. The van der Waals surface area contributed by atoms with Crippen molar-refractivity contribution in [3.05, 3.63) is 89.7 Å². The predicted octanol–water partition coefficient (Wildman–Crippen LogP) is 4.75. The third-order valence-electron chi connectivity index (χ3n) is 5.28. The minimum atomic E-state index is -0.191. The van der Waals surface area contributed by atoms with Crippen LogP contribution in [0.5, 0.6) is 11.5 Å². The van der Waals surface area contributed by atoms with E-state index in [9.17, 15) is 4.79 Å². The number of hydrogen-bond acceptors (Lipinski definition) is 4. The Bertz CT molecular complexity index is 1220. The number of hydrogen-bond donors (Lipinski definition) is 1. The van der Waals surface area contributed by atoms with Crippen LogP contribution in [0.4, 0.5) is 0 Å². The number of amides is 1. The average Bonchev–Trinajstić information content (AvgIpc) is 3.17. The summed E-state index contributed by atoms with van der Waals surface area (Å²) >= 11 is 0. The first kappa shape index (κ1) is 21.4. The molecule has 164 valence electrons. The molecule has 1 heterocycles. The molecule has 4 aromatic rings. The number of aromatic nitrogens is 2. The first-order valence-corrected chi connectivity index (χ1v) is 10.7. The van der Waals surface area contributed by atoms with Crippen molar-refractivity contribution in [2.24, 2.45) is 0 Å². The van der Waals surface area contributed by atoms with Gasteiger partial charge in [-0.2, -0.15) is 0 Å². The van der Waals surface area contributed by atoms with E-state index in [0.717, 1.165) is 35.6 Å². The summed E-state index contributed by atoms with van der Waals surface area (Å²) in [7, 11) is 1.56. The second kappa shape index (κ2) is 10.0. The van der Waals surface area contributed by atoms with Gasteiger partial charge < -0.3 is 19.4 Å². The molecule has 1 aromatic heterocycles. The number of benzene rings is 3. The van der Waals surface area contributed by atoms with Gasteiger partial charge in [-0.25, -0.2) is 4.98 Å². The summed E-state index contributed by atoms with van der Waals surface area (Å²) in [4.78, 5) is 17.5. The van der Waals surface area contributed by atoms with Crippen LogP contribution in [0, 0.1) is 6.92 Å². The van der Waals surface area contributed by atoms with Crippen molar-refractivity contribution in [1.82, 2.24) is 14.9 Å². The van der Waals surface area contributed by atoms with E-state index in [1.54, 1.807) is 19.2 Å². The zero-order chi connectivity index (χ0) is 22.3. The van der Waals surface area contributed by atoms with Gasteiger partial charge in [0, 0.05) is 6.54 Å². The Kier molecular flexibility index (Phi) is 6.70. The van der Waals surface area contributed by atoms with Crippen molar-refractivity contribution in [2.45, 2.75) is 26.4 Å². The van der Waals surface area contributed by atoms with Crippen molar-refractivity contribution < 1.29 is 14.3 Å². The van der Waals surface area contributed by atoms with Crippen LogP contribution >= 0.6 is 0 Å². The Hall–Kier alpha value is -3.80. The van der Waals surface area contributed by atoms with Gasteiger partial charge in [0.1, 0.15) is 17.3 Å². The molecule has 0 spiro atoms. The van der Waals surface area contributed by atoms with Crippen LogP contribution in [0.2, 0.25) is 0 Å². The lowest BCUT2D eigenvalue weighted by atomic mass is 10.2. The molecule has 0 radical (unpaired) electrons. The van der Waals surface area contributed by atoms with E-state index in [0.29, 0.717) is 24.5 Å². The van der Waals surface area contributed by atoms with E-state index in [2.05, 4.69) is 28.9 Å². The quantitative estimate of drug-likeness (QED) is 0.390. The molecule has 6 nitrogen and oxygen atoms in total. The fourth-order valence-electron chi connectivity index (χ4n) is 3.71. The molecule has 0 atom stereocenters. The molecular formula is C26H27N3O3. The van der Waals surface area contributed by atoms with E-state index >= 15 is 0 Å². The van der Waals surface area contributed by atoms with Gasteiger partial charge in [-0.05, 0) is 55.3 Å². The fourth-order valence-corrected chi connectivity index (χ4v) is 3.71. The van der Waals surface area contributed by atoms with E-state index in [4.69, 9.17) is 14.5 Å². The van der Waals surface area contributed by atoms with Crippen molar-refractivity contribution in [3.8, 4) is 11.5 Å². The molecule has 0 aliphatic rings. The molecule has 1 amide bonds. The SMILES string of the molecule is COc1ccccc1C(=O)NCc1nc2ccccc2n1CCCOc1cccc(C)c1. The highest BCUT2D eigenvalue weighted by molar-refractivity contribution is 5.96. The summed E-state index contributed by atoms with van der Waals surface area (Å²) in [5.41, 5.74) is 3.64. The minimum absolute atomic E-state index is 0.191. The summed E-state index contributed by atoms with van der Waals surface area (Å²) in [5.74, 6) is 2.05. The molecule has 0 bridgehead atoms. The second-order valence-electron chi connectivity index (χ2n) is 7.57. The van der Waals surface area contributed by atoms with Crippen LogP contribution in [0.3, 0.4) is 0 Å². The lowest BCUT2D eigenvalue weighted by Crippen LogP contribution is -2.25. The van der Waals surface area contributed by atoms with Crippen molar-refractivity contribution in [1.29, 1.82) is 0 Å². The van der Waals surface area contributed by atoms with Crippen LogP contribution in [-0.4, -0.2) is 29.2 Å². The van der Waals surface area contributed by atoms with Crippen LogP contribution in [0.15, 0.2) is 72.8 Å². The molecule has 0 saturated carbocycles. The Morgan fingerprint density at radius 3 is 2.69 bits per heavy atom. The number of nitrogens with one attached hydrogen (secondary N) is 1. The first-order chi connectivity index (χ1) is 15.7. The summed E-state index contributed by atoms with van der Waals surface area (Å²) in [6, 6.07) is 23.2. The largest absolute Gasteiger partial charge is 0.496 e. The van der Waals surface area contributed by atoms with Gasteiger partial charge in [0.05, 0.1) is 36.9 Å². The number of nitrogens with zero attached hydrogens (tertiary/aromatic N) is 2. The normalized spacial score (nSPS) is 10.8. The van der Waals surface area contributed by atoms with Crippen LogP contribution in [-0.2, 0) is 13.1 Å². The average molecular weight is 430 g/mol. The monoisotopic (exact) mass is 429 g/mol. The number of carbonyl (C=O) groups is 1. The smallest absolute Gasteiger partial charge is 0.255 e. The van der Waals surface area contributed by atoms with Gasteiger partial charge in [-0.15, -0.1) is 0 Å². The number of para-hydroxylation sites is 3. The number of fused-ring (bicyclic) bond motifs is 1. The Labute approximate surface area is 187 Å². The highest BCUT2D eigenvalue weighted by Crippen LogP contribution is 2.19. The standard InChI is InChI=1S/C26H27N3O3/c1-19-9-7-10-20(17-19)32-16-8-15-29-23-13-5-4-12-22(23)28-25(29)18-27-26(30)21-11-3-6-14-24(21)31-2/h3-7,9-14,17H,8,15-16,18H2,1-2H3,(H,27,30). The maximum Gasteiger partial charge on any atom is 0.255 e. The fraction of sp³-hybridized carbons (Fsp3) is 0.231. The minimum Gasteiger partial charge on any atom is -0.496 e. The van der Waals surface area contributed by atoms with Gasteiger partial charge in [-0.1, -0.05) is 36.4 Å². The Morgan fingerprint density at radius 1 is 1.03 bits per heavy atom. The maximum absolute atomic E-state index is 12.7. The summed E-state index contributed by atoms with van der Waals surface area (Å²) < 4.78 is 13.4. The zero-order valence-electron chi connectivity index (χ0n) is 18.4. The number of methoxy groups -OCH3 is 1. The molecule has 0 saturated heterocycles. The molecule has 3 aromatic carbocycles. The zero-order valence-corrected chi connectivity index (χ0v) is 18.4. The Morgan fingerprint density at radius 2 is 1.84 bits per heavy atom. The molecule has 0 aliphatic carbocycles. The number of carbonyl (C=O) groups excluding carboxylic acids is 1. The van der Waals surface area contributed by atoms with E-state index < -0.39 is 0 Å². The number of imidazole rings is 1.